The monoisotopic (exact) mass is 174 g/mol. The first-order valence-corrected chi connectivity index (χ1v) is 3.88. The summed E-state index contributed by atoms with van der Waals surface area (Å²) in [6.07, 6.45) is 1.38. The molecule has 6 nitrogen and oxygen atoms in total. The Morgan fingerprint density at radius 3 is 1.25 bits per heavy atom. The van der Waals surface area contributed by atoms with Crippen LogP contribution in [0.5, 0.6) is 0 Å². The van der Waals surface area contributed by atoms with Gasteiger partial charge in [-0.1, -0.05) is 0 Å². The van der Waals surface area contributed by atoms with Crippen molar-refractivity contribution in [1.29, 1.82) is 0 Å². The standard InChI is InChI=1S/C6H10N2O4/c9-7(10)5-1-2-6(4-3-5)8(11)12/h5-6H,1-4H2/t5-,6-. The summed E-state index contributed by atoms with van der Waals surface area (Å²) in [7, 11) is 0. The minimum Gasteiger partial charge on any atom is -0.264 e. The summed E-state index contributed by atoms with van der Waals surface area (Å²) < 4.78 is 0. The van der Waals surface area contributed by atoms with Crippen LogP contribution in [0.15, 0.2) is 0 Å². The van der Waals surface area contributed by atoms with Crippen molar-refractivity contribution in [2.24, 2.45) is 0 Å². The van der Waals surface area contributed by atoms with Crippen molar-refractivity contribution in [3.8, 4) is 0 Å². The number of rotatable bonds is 2. The Bertz CT molecular complexity index is 176. The third-order valence-electron chi connectivity index (χ3n) is 2.26. The predicted molar refractivity (Wildman–Crippen MR) is 40.0 cm³/mol. The summed E-state index contributed by atoms with van der Waals surface area (Å²) >= 11 is 0. The Labute approximate surface area is 68.9 Å². The lowest BCUT2D eigenvalue weighted by atomic mass is 9.92. The molecule has 0 aromatic carbocycles. The van der Waals surface area contributed by atoms with Gasteiger partial charge in [-0.2, -0.15) is 0 Å². The first-order valence-electron chi connectivity index (χ1n) is 3.88. The molecule has 0 aromatic heterocycles. The molecule has 6 heteroatoms. The van der Waals surface area contributed by atoms with Crippen LogP contribution in [0, 0.1) is 20.2 Å². The van der Waals surface area contributed by atoms with E-state index in [0.29, 0.717) is 25.7 Å². The van der Waals surface area contributed by atoms with E-state index in [1.807, 2.05) is 0 Å². The summed E-state index contributed by atoms with van der Waals surface area (Å²) in [6, 6.07) is -1.11. The van der Waals surface area contributed by atoms with Gasteiger partial charge in [0.25, 0.3) is 0 Å². The molecule has 0 heterocycles. The Balaban J connectivity index is 2.39. The lowest BCUT2D eigenvalue weighted by molar-refractivity contribution is -0.554. The van der Waals surface area contributed by atoms with Gasteiger partial charge in [0.05, 0.1) is 0 Å². The minimum atomic E-state index is -0.554. The van der Waals surface area contributed by atoms with E-state index in [-0.39, 0.29) is 9.85 Å². The van der Waals surface area contributed by atoms with Crippen LogP contribution in [0.25, 0.3) is 0 Å². The van der Waals surface area contributed by atoms with Gasteiger partial charge in [-0.05, 0) is 0 Å². The molecule has 1 rings (SSSR count). The molecule has 0 unspecified atom stereocenters. The first-order chi connectivity index (χ1) is 5.61. The molecule has 0 atom stereocenters. The molecule has 0 radical (unpaired) electrons. The summed E-state index contributed by atoms with van der Waals surface area (Å²) in [5, 5.41) is 20.5. The molecule has 12 heavy (non-hydrogen) atoms. The molecule has 68 valence electrons. The van der Waals surface area contributed by atoms with E-state index in [1.165, 1.54) is 0 Å². The molecule has 0 saturated heterocycles. The van der Waals surface area contributed by atoms with Crippen LogP contribution in [0.3, 0.4) is 0 Å². The van der Waals surface area contributed by atoms with Gasteiger partial charge in [-0.3, -0.25) is 20.2 Å². The van der Waals surface area contributed by atoms with Gasteiger partial charge in [-0.15, -0.1) is 0 Å². The van der Waals surface area contributed by atoms with Crippen LogP contribution in [0.1, 0.15) is 25.7 Å². The Kier molecular flexibility index (Phi) is 2.57. The van der Waals surface area contributed by atoms with Crippen LogP contribution in [-0.2, 0) is 0 Å². The third-order valence-corrected chi connectivity index (χ3v) is 2.26. The van der Waals surface area contributed by atoms with E-state index < -0.39 is 12.1 Å². The van der Waals surface area contributed by atoms with Crippen LogP contribution >= 0.6 is 0 Å². The van der Waals surface area contributed by atoms with Crippen molar-refractivity contribution in [3.05, 3.63) is 20.2 Å². The fourth-order valence-corrected chi connectivity index (χ4v) is 1.48. The number of hydrogen-bond donors (Lipinski definition) is 0. The van der Waals surface area contributed by atoms with Gasteiger partial charge >= 0.3 is 0 Å². The fraction of sp³-hybridized carbons (Fsp3) is 1.00. The van der Waals surface area contributed by atoms with Gasteiger partial charge in [-0.25, -0.2) is 0 Å². The zero-order chi connectivity index (χ0) is 9.14. The van der Waals surface area contributed by atoms with E-state index in [2.05, 4.69) is 0 Å². The highest BCUT2D eigenvalue weighted by Gasteiger charge is 2.33. The van der Waals surface area contributed by atoms with Gasteiger partial charge in [0.1, 0.15) is 0 Å². The predicted octanol–water partition coefficient (Wildman–Crippen LogP) is 0.851. The normalized spacial score (nSPS) is 29.7. The van der Waals surface area contributed by atoms with E-state index in [0.717, 1.165) is 0 Å². The van der Waals surface area contributed by atoms with Crippen LogP contribution < -0.4 is 0 Å². The molecule has 0 spiro atoms. The molecule has 1 fully saturated rings. The largest absolute Gasteiger partial charge is 0.264 e. The van der Waals surface area contributed by atoms with Crippen molar-refractivity contribution < 1.29 is 9.85 Å². The maximum Gasteiger partial charge on any atom is 0.213 e. The minimum absolute atomic E-state index is 0.337. The summed E-state index contributed by atoms with van der Waals surface area (Å²) in [5.41, 5.74) is 0. The lowest BCUT2D eigenvalue weighted by Gasteiger charge is -2.17. The average Bonchev–Trinajstić information content (AvgIpc) is 2.04. The topological polar surface area (TPSA) is 86.3 Å². The maximum absolute atomic E-state index is 10.3. The molecule has 0 aliphatic heterocycles. The second-order valence-electron chi connectivity index (χ2n) is 3.03. The lowest BCUT2D eigenvalue weighted by Crippen LogP contribution is -2.32. The number of hydrogen-bond acceptors (Lipinski definition) is 4. The van der Waals surface area contributed by atoms with Gasteiger partial charge in [0, 0.05) is 35.5 Å². The highest BCUT2D eigenvalue weighted by Crippen LogP contribution is 2.22. The van der Waals surface area contributed by atoms with E-state index >= 15 is 0 Å². The Morgan fingerprint density at radius 1 is 0.833 bits per heavy atom. The van der Waals surface area contributed by atoms with Gasteiger partial charge in [0.2, 0.25) is 12.1 Å². The van der Waals surface area contributed by atoms with Crippen LogP contribution in [-0.4, -0.2) is 21.9 Å². The fourth-order valence-electron chi connectivity index (χ4n) is 1.48. The second kappa shape index (κ2) is 3.46. The maximum atomic E-state index is 10.3. The van der Waals surface area contributed by atoms with Crippen molar-refractivity contribution >= 4 is 0 Å². The zero-order valence-electron chi connectivity index (χ0n) is 6.51. The molecule has 1 aliphatic carbocycles. The SMILES string of the molecule is O=[N+]([O-])[C@H]1CC[C@H]([N+](=O)[O-])CC1. The molecule has 0 amide bonds. The summed E-state index contributed by atoms with van der Waals surface area (Å²) in [6.45, 7) is 0. The second-order valence-corrected chi connectivity index (χ2v) is 3.03. The highest BCUT2D eigenvalue weighted by molar-refractivity contribution is 4.71. The molecule has 0 bridgehead atoms. The summed E-state index contributed by atoms with van der Waals surface area (Å²) in [5.74, 6) is 0. The van der Waals surface area contributed by atoms with E-state index in [1.54, 1.807) is 0 Å². The van der Waals surface area contributed by atoms with E-state index in [9.17, 15) is 20.2 Å². The Morgan fingerprint density at radius 2 is 1.08 bits per heavy atom. The third kappa shape index (κ3) is 1.90. The Hall–Kier alpha value is -1.20. The average molecular weight is 174 g/mol. The van der Waals surface area contributed by atoms with Crippen molar-refractivity contribution in [2.75, 3.05) is 0 Å². The quantitative estimate of drug-likeness (QED) is 0.458. The van der Waals surface area contributed by atoms with E-state index in [4.69, 9.17) is 0 Å². The van der Waals surface area contributed by atoms with Crippen LogP contribution in [0.2, 0.25) is 0 Å². The molecular formula is C6H10N2O4. The van der Waals surface area contributed by atoms with Crippen molar-refractivity contribution in [2.45, 2.75) is 37.8 Å². The van der Waals surface area contributed by atoms with Gasteiger partial charge < -0.3 is 0 Å². The highest BCUT2D eigenvalue weighted by atomic mass is 16.6. The molecule has 1 saturated carbocycles. The molecule has 1 aliphatic rings. The summed E-state index contributed by atoms with van der Waals surface area (Å²) in [4.78, 5) is 19.9. The number of nitro groups is 2. The first kappa shape index (κ1) is 8.89. The molecule has 0 aromatic rings. The van der Waals surface area contributed by atoms with Crippen molar-refractivity contribution in [3.63, 3.8) is 0 Å². The number of nitrogens with zero attached hydrogens (tertiary/aromatic N) is 2. The molecular weight excluding hydrogens is 164 g/mol. The smallest absolute Gasteiger partial charge is 0.213 e. The van der Waals surface area contributed by atoms with Crippen LogP contribution in [0.4, 0.5) is 0 Å². The molecule has 0 N–H and O–H groups in total. The van der Waals surface area contributed by atoms with Crippen molar-refractivity contribution in [1.82, 2.24) is 0 Å². The zero-order valence-corrected chi connectivity index (χ0v) is 6.51. The van der Waals surface area contributed by atoms with Gasteiger partial charge in [0.15, 0.2) is 0 Å².